The number of carbonyl (C=O) groups excluding carboxylic acids is 1. The molecule has 1 aliphatic carbocycles. The van der Waals surface area contributed by atoms with Gasteiger partial charge in [-0.2, -0.15) is 0 Å². The molecule has 3 nitrogen and oxygen atoms in total. The van der Waals surface area contributed by atoms with E-state index in [0.29, 0.717) is 12.0 Å². The number of nitrogens with zero attached hydrogens (tertiary/aromatic N) is 1. The van der Waals surface area contributed by atoms with Gasteiger partial charge in [0, 0.05) is 12.6 Å². The summed E-state index contributed by atoms with van der Waals surface area (Å²) in [7, 11) is 0. The molecule has 2 rings (SSSR count). The molecule has 2 aliphatic rings. The van der Waals surface area contributed by atoms with E-state index in [-0.39, 0.29) is 17.4 Å². The SMILES string of the molecule is CC1CCN(C(=O)[C@@H](N)C(C)(C)C)C2CCCCC12. The monoisotopic (exact) mass is 266 g/mol. The molecule has 2 fully saturated rings. The van der Waals surface area contributed by atoms with E-state index in [1.165, 1.54) is 25.7 Å². The van der Waals surface area contributed by atoms with E-state index in [0.717, 1.165) is 18.9 Å². The van der Waals surface area contributed by atoms with E-state index in [9.17, 15) is 4.79 Å². The van der Waals surface area contributed by atoms with Crippen LogP contribution >= 0.6 is 0 Å². The molecular formula is C16H30N2O. The molecule has 3 unspecified atom stereocenters. The van der Waals surface area contributed by atoms with Crippen LogP contribution in [0.1, 0.15) is 59.8 Å². The van der Waals surface area contributed by atoms with Gasteiger partial charge in [-0.3, -0.25) is 4.79 Å². The molecule has 19 heavy (non-hydrogen) atoms. The largest absolute Gasteiger partial charge is 0.338 e. The number of piperidine rings is 1. The first kappa shape index (κ1) is 14.8. The predicted molar refractivity (Wildman–Crippen MR) is 78.7 cm³/mol. The molecule has 0 aromatic carbocycles. The smallest absolute Gasteiger partial charge is 0.240 e. The normalized spacial score (nSPS) is 33.7. The van der Waals surface area contributed by atoms with Gasteiger partial charge < -0.3 is 10.6 Å². The van der Waals surface area contributed by atoms with Gasteiger partial charge in [0.05, 0.1) is 6.04 Å². The van der Waals surface area contributed by atoms with Crippen LogP contribution in [0.5, 0.6) is 0 Å². The van der Waals surface area contributed by atoms with Crippen LogP contribution in [0.25, 0.3) is 0 Å². The molecule has 0 aromatic rings. The van der Waals surface area contributed by atoms with Crippen LogP contribution in [0.4, 0.5) is 0 Å². The molecule has 3 heteroatoms. The molecule has 0 radical (unpaired) electrons. The summed E-state index contributed by atoms with van der Waals surface area (Å²) in [6, 6.07) is 0.0851. The Hall–Kier alpha value is -0.570. The van der Waals surface area contributed by atoms with Crippen molar-refractivity contribution in [2.75, 3.05) is 6.54 Å². The molecular weight excluding hydrogens is 236 g/mol. The number of rotatable bonds is 1. The summed E-state index contributed by atoms with van der Waals surface area (Å²) in [5.74, 6) is 1.65. The minimum Gasteiger partial charge on any atom is -0.338 e. The molecule has 0 aromatic heterocycles. The highest BCUT2D eigenvalue weighted by Crippen LogP contribution is 2.39. The van der Waals surface area contributed by atoms with E-state index in [2.05, 4.69) is 32.6 Å². The first-order chi connectivity index (χ1) is 8.82. The van der Waals surface area contributed by atoms with Crippen molar-refractivity contribution >= 4 is 5.91 Å². The third-order valence-electron chi connectivity index (χ3n) is 5.22. The Morgan fingerprint density at radius 1 is 1.21 bits per heavy atom. The summed E-state index contributed by atoms with van der Waals surface area (Å²) in [5.41, 5.74) is 6.04. The highest BCUT2D eigenvalue weighted by atomic mass is 16.2. The summed E-state index contributed by atoms with van der Waals surface area (Å²) in [4.78, 5) is 14.8. The molecule has 1 aliphatic heterocycles. The van der Waals surface area contributed by atoms with Crippen molar-refractivity contribution in [1.82, 2.24) is 4.90 Å². The van der Waals surface area contributed by atoms with Gasteiger partial charge >= 0.3 is 0 Å². The van der Waals surface area contributed by atoms with Crippen molar-refractivity contribution in [3.63, 3.8) is 0 Å². The van der Waals surface area contributed by atoms with Gasteiger partial charge in [0.2, 0.25) is 5.91 Å². The zero-order chi connectivity index (χ0) is 14.2. The maximum Gasteiger partial charge on any atom is 0.240 e. The van der Waals surface area contributed by atoms with Crippen molar-refractivity contribution in [2.24, 2.45) is 23.0 Å². The second-order valence-corrected chi connectivity index (χ2v) is 7.66. The third kappa shape index (κ3) is 2.96. The maximum absolute atomic E-state index is 12.7. The first-order valence-electron chi connectivity index (χ1n) is 7.88. The molecule has 0 spiro atoms. The van der Waals surface area contributed by atoms with Crippen molar-refractivity contribution in [1.29, 1.82) is 0 Å². The second kappa shape index (κ2) is 5.43. The lowest BCUT2D eigenvalue weighted by Gasteiger charge is -2.48. The lowest BCUT2D eigenvalue weighted by atomic mass is 9.72. The van der Waals surface area contributed by atoms with Crippen molar-refractivity contribution in [3.8, 4) is 0 Å². The van der Waals surface area contributed by atoms with E-state index in [1.807, 2.05) is 0 Å². The molecule has 1 amide bonds. The Morgan fingerprint density at radius 2 is 1.84 bits per heavy atom. The Morgan fingerprint density at radius 3 is 2.47 bits per heavy atom. The fourth-order valence-electron chi connectivity index (χ4n) is 3.74. The summed E-state index contributed by atoms with van der Waals surface area (Å²) >= 11 is 0. The van der Waals surface area contributed by atoms with Gasteiger partial charge in [0.15, 0.2) is 0 Å². The van der Waals surface area contributed by atoms with E-state index < -0.39 is 0 Å². The number of fused-ring (bicyclic) bond motifs is 1. The average molecular weight is 266 g/mol. The van der Waals surface area contributed by atoms with Crippen LogP contribution in [0.15, 0.2) is 0 Å². The van der Waals surface area contributed by atoms with Crippen LogP contribution in [0.3, 0.4) is 0 Å². The lowest BCUT2D eigenvalue weighted by Crippen LogP contribution is -2.58. The molecule has 1 saturated carbocycles. The minimum absolute atomic E-state index is 0.149. The summed E-state index contributed by atoms with van der Waals surface area (Å²) in [6.07, 6.45) is 6.21. The number of likely N-dealkylation sites (tertiary alicyclic amines) is 1. The number of hydrogen-bond donors (Lipinski definition) is 1. The quantitative estimate of drug-likeness (QED) is 0.793. The Labute approximate surface area is 117 Å². The van der Waals surface area contributed by atoms with E-state index >= 15 is 0 Å². The van der Waals surface area contributed by atoms with Gasteiger partial charge in [-0.25, -0.2) is 0 Å². The maximum atomic E-state index is 12.7. The molecule has 110 valence electrons. The highest BCUT2D eigenvalue weighted by Gasteiger charge is 2.42. The standard InChI is InChI=1S/C16H30N2O/c1-11-9-10-18(13-8-6-5-7-12(11)13)15(19)14(17)16(2,3)4/h11-14H,5-10,17H2,1-4H3/t11?,12?,13?,14-/m1/s1. The fraction of sp³-hybridized carbons (Fsp3) is 0.938. The molecule has 2 N–H and O–H groups in total. The van der Waals surface area contributed by atoms with Gasteiger partial charge in [-0.15, -0.1) is 0 Å². The number of nitrogens with two attached hydrogens (primary N) is 1. The fourth-order valence-corrected chi connectivity index (χ4v) is 3.74. The van der Waals surface area contributed by atoms with Crippen LogP contribution in [0, 0.1) is 17.3 Å². The summed E-state index contributed by atoms with van der Waals surface area (Å²) in [6.45, 7) is 9.43. The third-order valence-corrected chi connectivity index (χ3v) is 5.22. The summed E-state index contributed by atoms with van der Waals surface area (Å²) < 4.78 is 0. The number of amides is 1. The van der Waals surface area contributed by atoms with Gasteiger partial charge in [0.25, 0.3) is 0 Å². The van der Waals surface area contributed by atoms with E-state index in [1.54, 1.807) is 0 Å². The van der Waals surface area contributed by atoms with Crippen LogP contribution in [0.2, 0.25) is 0 Å². The zero-order valence-electron chi connectivity index (χ0n) is 13.0. The van der Waals surface area contributed by atoms with Gasteiger partial charge in [0.1, 0.15) is 0 Å². The number of hydrogen-bond acceptors (Lipinski definition) is 2. The van der Waals surface area contributed by atoms with E-state index in [4.69, 9.17) is 5.73 Å². The topological polar surface area (TPSA) is 46.3 Å². The Kier molecular flexibility index (Phi) is 4.24. The molecule has 4 atom stereocenters. The lowest BCUT2D eigenvalue weighted by molar-refractivity contribution is -0.142. The first-order valence-corrected chi connectivity index (χ1v) is 7.88. The second-order valence-electron chi connectivity index (χ2n) is 7.66. The van der Waals surface area contributed by atoms with Crippen molar-refractivity contribution in [2.45, 2.75) is 71.9 Å². The van der Waals surface area contributed by atoms with Crippen molar-refractivity contribution < 1.29 is 4.79 Å². The Balaban J connectivity index is 2.13. The highest BCUT2D eigenvalue weighted by molar-refractivity contribution is 5.83. The van der Waals surface area contributed by atoms with Crippen molar-refractivity contribution in [3.05, 3.63) is 0 Å². The van der Waals surface area contributed by atoms with Crippen LogP contribution in [-0.2, 0) is 4.79 Å². The minimum atomic E-state index is -0.372. The molecule has 1 saturated heterocycles. The van der Waals surface area contributed by atoms with Crippen LogP contribution in [-0.4, -0.2) is 29.4 Å². The van der Waals surface area contributed by atoms with Crippen LogP contribution < -0.4 is 5.73 Å². The predicted octanol–water partition coefficient (Wildman–Crippen LogP) is 2.79. The molecule has 1 heterocycles. The summed E-state index contributed by atoms with van der Waals surface area (Å²) in [5, 5.41) is 0. The Bertz CT molecular complexity index is 334. The number of carbonyl (C=O) groups is 1. The van der Waals surface area contributed by atoms with Gasteiger partial charge in [-0.1, -0.05) is 40.5 Å². The van der Waals surface area contributed by atoms with Gasteiger partial charge in [-0.05, 0) is 36.5 Å². The molecule has 0 bridgehead atoms. The zero-order valence-corrected chi connectivity index (χ0v) is 13.0. The average Bonchev–Trinajstić information content (AvgIpc) is 2.37.